The minimum absolute atomic E-state index is 0.253. The lowest BCUT2D eigenvalue weighted by Crippen LogP contribution is -2.33. The van der Waals surface area contributed by atoms with E-state index in [4.69, 9.17) is 21.4 Å². The fourth-order valence-electron chi connectivity index (χ4n) is 2.93. The van der Waals surface area contributed by atoms with Crippen molar-refractivity contribution < 1.29 is 14.6 Å². The molecule has 1 saturated heterocycles. The highest BCUT2D eigenvalue weighted by atomic mass is 35.5. The molecule has 0 bridgehead atoms. The van der Waals surface area contributed by atoms with Gasteiger partial charge in [-0.3, -0.25) is 4.90 Å². The number of nitrogens with zero attached hydrogens (tertiary/aromatic N) is 3. The molecule has 0 atom stereocenters. The Hall–Kier alpha value is -2.18. The minimum Gasteiger partial charge on any atom is -0.490 e. The molecule has 1 aliphatic heterocycles. The fourth-order valence-corrected chi connectivity index (χ4v) is 3.16. The van der Waals surface area contributed by atoms with Gasteiger partial charge >= 0.3 is 5.97 Å². The predicted molar refractivity (Wildman–Crippen MR) is 95.2 cm³/mol. The van der Waals surface area contributed by atoms with Gasteiger partial charge in [0.25, 0.3) is 0 Å². The van der Waals surface area contributed by atoms with Crippen LogP contribution in [0.3, 0.4) is 0 Å². The number of ether oxygens (including phenoxy) is 1. The second kappa shape index (κ2) is 8.27. The summed E-state index contributed by atoms with van der Waals surface area (Å²) in [5, 5.41) is 9.56. The highest BCUT2D eigenvalue weighted by Crippen LogP contribution is 2.35. The second-order valence-electron chi connectivity index (χ2n) is 5.94. The lowest BCUT2D eigenvalue weighted by molar-refractivity contribution is 0.0683. The molecule has 2 aromatic rings. The van der Waals surface area contributed by atoms with E-state index in [1.54, 1.807) is 18.2 Å². The van der Waals surface area contributed by atoms with Crippen LogP contribution in [0.1, 0.15) is 29.9 Å². The van der Waals surface area contributed by atoms with Gasteiger partial charge in [-0.15, -0.1) is 0 Å². The zero-order valence-corrected chi connectivity index (χ0v) is 14.6. The Morgan fingerprint density at radius 1 is 1.24 bits per heavy atom. The first kappa shape index (κ1) is 17.6. The molecule has 0 radical (unpaired) electrons. The summed E-state index contributed by atoms with van der Waals surface area (Å²) < 4.78 is 5.94. The number of rotatable bonds is 6. The van der Waals surface area contributed by atoms with Crippen LogP contribution in [0.4, 0.5) is 0 Å². The van der Waals surface area contributed by atoms with Crippen LogP contribution in [-0.2, 0) is 0 Å². The molecule has 0 aliphatic carbocycles. The average Bonchev–Trinajstić information content (AvgIpc) is 2.64. The van der Waals surface area contributed by atoms with Gasteiger partial charge in [0.15, 0.2) is 0 Å². The molecule has 2 heterocycles. The van der Waals surface area contributed by atoms with E-state index in [0.717, 1.165) is 19.6 Å². The number of hydrogen-bond donors (Lipinski definition) is 1. The van der Waals surface area contributed by atoms with Gasteiger partial charge in [-0.1, -0.05) is 24.1 Å². The average molecular weight is 362 g/mol. The summed E-state index contributed by atoms with van der Waals surface area (Å²) in [6.45, 7) is 3.57. The molecule has 0 unspecified atom stereocenters. The molecule has 0 saturated carbocycles. The van der Waals surface area contributed by atoms with E-state index in [0.29, 0.717) is 28.6 Å². The fraction of sp³-hybridized carbons (Fsp3) is 0.389. The lowest BCUT2D eigenvalue weighted by atomic mass is 10.1. The number of aromatic carboxylic acids is 1. The van der Waals surface area contributed by atoms with Crippen LogP contribution in [0.2, 0.25) is 5.02 Å². The van der Waals surface area contributed by atoms with Crippen molar-refractivity contribution in [2.45, 2.75) is 19.3 Å². The van der Waals surface area contributed by atoms with Gasteiger partial charge in [0.2, 0.25) is 5.82 Å². The van der Waals surface area contributed by atoms with Crippen molar-refractivity contribution in [3.8, 4) is 17.0 Å². The lowest BCUT2D eigenvalue weighted by Gasteiger charge is -2.26. The van der Waals surface area contributed by atoms with Gasteiger partial charge in [0.1, 0.15) is 12.4 Å². The maximum Gasteiger partial charge on any atom is 0.373 e. The Morgan fingerprint density at radius 3 is 2.80 bits per heavy atom. The van der Waals surface area contributed by atoms with Crippen LogP contribution >= 0.6 is 11.6 Å². The Bertz CT molecular complexity index is 748. The summed E-state index contributed by atoms with van der Waals surface area (Å²) in [7, 11) is 0. The maximum absolute atomic E-state index is 11.1. The summed E-state index contributed by atoms with van der Waals surface area (Å²) in [6, 6.07) is 7.00. The van der Waals surface area contributed by atoms with E-state index in [2.05, 4.69) is 14.9 Å². The first-order valence-electron chi connectivity index (χ1n) is 8.35. The molecule has 1 aliphatic rings. The Labute approximate surface area is 151 Å². The highest BCUT2D eigenvalue weighted by molar-refractivity contribution is 6.32. The van der Waals surface area contributed by atoms with Gasteiger partial charge in [-0.2, -0.15) is 0 Å². The van der Waals surface area contributed by atoms with Crippen molar-refractivity contribution in [1.82, 2.24) is 14.9 Å². The Kier molecular flexibility index (Phi) is 5.83. The highest BCUT2D eigenvalue weighted by Gasteiger charge is 2.15. The SMILES string of the molecule is O=C(O)c1nccc(-c2cccc(Cl)c2OCCN2CCCCC2)n1. The third-order valence-electron chi connectivity index (χ3n) is 4.19. The molecular formula is C18H20ClN3O3. The number of benzene rings is 1. The smallest absolute Gasteiger partial charge is 0.373 e. The van der Waals surface area contributed by atoms with Crippen LogP contribution in [0.15, 0.2) is 30.5 Å². The number of carboxylic acid groups (broad SMARTS) is 1. The summed E-state index contributed by atoms with van der Waals surface area (Å²) in [5.74, 6) is -0.899. The van der Waals surface area contributed by atoms with Crippen molar-refractivity contribution in [1.29, 1.82) is 0 Å². The quantitative estimate of drug-likeness (QED) is 0.850. The molecule has 3 rings (SSSR count). The number of hydrogen-bond acceptors (Lipinski definition) is 5. The number of aromatic nitrogens is 2. The second-order valence-corrected chi connectivity index (χ2v) is 6.35. The molecular weight excluding hydrogens is 342 g/mol. The topological polar surface area (TPSA) is 75.6 Å². The zero-order valence-electron chi connectivity index (χ0n) is 13.8. The number of carboxylic acids is 1. The largest absolute Gasteiger partial charge is 0.490 e. The van der Waals surface area contributed by atoms with E-state index >= 15 is 0 Å². The van der Waals surface area contributed by atoms with Crippen LogP contribution in [0, 0.1) is 0 Å². The first-order valence-corrected chi connectivity index (χ1v) is 8.73. The van der Waals surface area contributed by atoms with Crippen LogP contribution in [-0.4, -0.2) is 52.2 Å². The van der Waals surface area contributed by atoms with E-state index < -0.39 is 5.97 Å². The first-order chi connectivity index (χ1) is 12.1. The number of halogens is 1. The molecule has 7 heteroatoms. The van der Waals surface area contributed by atoms with Crippen molar-refractivity contribution in [3.63, 3.8) is 0 Å². The molecule has 1 N–H and O–H groups in total. The molecule has 0 spiro atoms. The molecule has 132 valence electrons. The van der Waals surface area contributed by atoms with Gasteiger partial charge in [0, 0.05) is 18.3 Å². The van der Waals surface area contributed by atoms with E-state index in [9.17, 15) is 4.79 Å². The standard InChI is InChI=1S/C18H20ClN3O3/c19-14-6-4-5-13(15-7-8-20-17(21-15)18(23)24)16(14)25-12-11-22-9-2-1-3-10-22/h4-8H,1-3,9-12H2,(H,23,24). The van der Waals surface area contributed by atoms with Crippen LogP contribution < -0.4 is 4.74 Å². The van der Waals surface area contributed by atoms with Crippen LogP contribution in [0.25, 0.3) is 11.3 Å². The molecule has 25 heavy (non-hydrogen) atoms. The Morgan fingerprint density at radius 2 is 2.04 bits per heavy atom. The Balaban J connectivity index is 1.77. The van der Waals surface area contributed by atoms with E-state index in [-0.39, 0.29) is 5.82 Å². The zero-order chi connectivity index (χ0) is 17.6. The third-order valence-corrected chi connectivity index (χ3v) is 4.49. The van der Waals surface area contributed by atoms with E-state index in [1.807, 2.05) is 6.07 Å². The predicted octanol–water partition coefficient (Wildman–Crippen LogP) is 3.36. The summed E-state index contributed by atoms with van der Waals surface area (Å²) in [6.07, 6.45) is 5.18. The van der Waals surface area contributed by atoms with Crippen LogP contribution in [0.5, 0.6) is 5.75 Å². The molecule has 1 aromatic heterocycles. The molecule has 1 fully saturated rings. The molecule has 1 aromatic carbocycles. The maximum atomic E-state index is 11.1. The summed E-state index contributed by atoms with van der Waals surface area (Å²) in [4.78, 5) is 21.3. The van der Waals surface area contributed by atoms with Gasteiger partial charge in [-0.25, -0.2) is 14.8 Å². The molecule has 0 amide bonds. The van der Waals surface area contributed by atoms with Gasteiger partial charge < -0.3 is 9.84 Å². The number of para-hydroxylation sites is 1. The van der Waals surface area contributed by atoms with Crippen molar-refractivity contribution >= 4 is 17.6 Å². The molecule has 6 nitrogen and oxygen atoms in total. The summed E-state index contributed by atoms with van der Waals surface area (Å²) >= 11 is 6.30. The van der Waals surface area contributed by atoms with Crippen molar-refractivity contribution in [3.05, 3.63) is 41.3 Å². The summed E-state index contributed by atoms with van der Waals surface area (Å²) in [5.41, 5.74) is 1.14. The van der Waals surface area contributed by atoms with Crippen molar-refractivity contribution in [2.24, 2.45) is 0 Å². The third kappa shape index (κ3) is 4.46. The van der Waals surface area contributed by atoms with Gasteiger partial charge in [-0.05, 0) is 44.1 Å². The van der Waals surface area contributed by atoms with Crippen molar-refractivity contribution in [2.75, 3.05) is 26.2 Å². The number of likely N-dealkylation sites (tertiary alicyclic amines) is 1. The number of piperidine rings is 1. The normalized spacial score (nSPS) is 15.1. The number of carbonyl (C=O) groups is 1. The monoisotopic (exact) mass is 361 g/mol. The van der Waals surface area contributed by atoms with E-state index in [1.165, 1.54) is 25.5 Å². The van der Waals surface area contributed by atoms with Gasteiger partial charge in [0.05, 0.1) is 10.7 Å². The minimum atomic E-state index is -1.17.